The molecule has 0 unspecified atom stereocenters. The highest BCUT2D eigenvalue weighted by Crippen LogP contribution is 2.38. The maximum absolute atomic E-state index is 11.8. The van der Waals surface area contributed by atoms with Crippen molar-refractivity contribution in [3.8, 4) is 22.5 Å². The Kier molecular flexibility index (Phi) is 5.80. The van der Waals surface area contributed by atoms with Crippen molar-refractivity contribution in [1.82, 2.24) is 39.1 Å². The molecule has 6 heterocycles. The van der Waals surface area contributed by atoms with Crippen LogP contribution in [0, 0.1) is 0 Å². The largest absolute Gasteiger partial charge is 0.382 e. The zero-order chi connectivity index (χ0) is 26.5. The van der Waals surface area contributed by atoms with E-state index in [1.807, 2.05) is 27.9 Å². The minimum atomic E-state index is 0.136. The molecule has 2 aliphatic rings. The Morgan fingerprint density at radius 1 is 0.949 bits per heavy atom. The van der Waals surface area contributed by atoms with Crippen LogP contribution in [-0.4, -0.2) is 71.3 Å². The fraction of sp³-hybridized carbons (Fsp3) is 0.393. The third-order valence-electron chi connectivity index (χ3n) is 8.22. The van der Waals surface area contributed by atoms with Crippen LogP contribution < -0.4 is 5.73 Å². The van der Waals surface area contributed by atoms with E-state index in [9.17, 15) is 4.79 Å². The van der Waals surface area contributed by atoms with Crippen LogP contribution in [0.5, 0.6) is 0 Å². The first-order valence-electron chi connectivity index (χ1n) is 13.6. The number of hydrogen-bond acceptors (Lipinski definition) is 7. The van der Waals surface area contributed by atoms with E-state index < -0.39 is 0 Å². The van der Waals surface area contributed by atoms with Crippen LogP contribution >= 0.6 is 0 Å². The first-order chi connectivity index (χ1) is 19.1. The van der Waals surface area contributed by atoms with Crippen LogP contribution in [0.1, 0.15) is 44.7 Å². The molecule has 0 saturated carbocycles. The van der Waals surface area contributed by atoms with E-state index in [4.69, 9.17) is 15.6 Å². The molecule has 2 saturated heterocycles. The molecule has 11 heteroatoms. The SMILES string of the molecule is CC(=O)N1CCC(n2ncc3ccc(-c4cc(-c5ccnn5C5CCOCC5)c5c(N)ncnn45)cc32)CC1. The molecule has 2 aliphatic heterocycles. The van der Waals surface area contributed by atoms with Crippen LogP contribution in [0.3, 0.4) is 0 Å². The quantitative estimate of drug-likeness (QED) is 0.379. The van der Waals surface area contributed by atoms with Crippen molar-refractivity contribution in [2.45, 2.75) is 44.7 Å². The number of likely N-dealkylation sites (tertiary alicyclic amines) is 1. The van der Waals surface area contributed by atoms with Gasteiger partial charge in [-0.15, -0.1) is 0 Å². The molecule has 0 spiro atoms. The predicted molar refractivity (Wildman–Crippen MR) is 147 cm³/mol. The molecule has 11 nitrogen and oxygen atoms in total. The highest BCUT2D eigenvalue weighted by Gasteiger charge is 2.26. The first-order valence-corrected chi connectivity index (χ1v) is 13.6. The number of hydrogen-bond donors (Lipinski definition) is 1. The zero-order valence-electron chi connectivity index (χ0n) is 21.9. The van der Waals surface area contributed by atoms with E-state index in [1.165, 1.54) is 6.33 Å². The third-order valence-corrected chi connectivity index (χ3v) is 8.22. The highest BCUT2D eigenvalue weighted by molar-refractivity contribution is 5.92. The molecule has 7 rings (SSSR count). The number of carbonyl (C=O) groups is 1. The van der Waals surface area contributed by atoms with Crippen molar-refractivity contribution in [1.29, 1.82) is 0 Å². The van der Waals surface area contributed by atoms with Gasteiger partial charge in [-0.3, -0.25) is 14.2 Å². The number of nitrogens with zero attached hydrogens (tertiary/aromatic N) is 8. The van der Waals surface area contributed by atoms with Crippen LogP contribution in [-0.2, 0) is 9.53 Å². The van der Waals surface area contributed by atoms with Gasteiger partial charge in [0.25, 0.3) is 0 Å². The van der Waals surface area contributed by atoms with Gasteiger partial charge in [0.1, 0.15) is 11.8 Å². The number of fused-ring (bicyclic) bond motifs is 2. The summed E-state index contributed by atoms with van der Waals surface area (Å²) in [6.07, 6.45) is 8.88. The van der Waals surface area contributed by atoms with E-state index >= 15 is 0 Å². The lowest BCUT2D eigenvalue weighted by Gasteiger charge is -2.31. The van der Waals surface area contributed by atoms with E-state index in [0.29, 0.717) is 5.82 Å². The molecule has 0 radical (unpaired) electrons. The van der Waals surface area contributed by atoms with E-state index in [0.717, 1.165) is 90.9 Å². The second-order valence-electron chi connectivity index (χ2n) is 10.5. The van der Waals surface area contributed by atoms with Gasteiger partial charge in [-0.2, -0.15) is 15.3 Å². The minimum Gasteiger partial charge on any atom is -0.382 e. The minimum absolute atomic E-state index is 0.136. The molecule has 1 aromatic carbocycles. The summed E-state index contributed by atoms with van der Waals surface area (Å²) < 4.78 is 11.7. The van der Waals surface area contributed by atoms with Gasteiger partial charge in [0.05, 0.1) is 35.2 Å². The molecule has 0 aliphatic carbocycles. The van der Waals surface area contributed by atoms with Gasteiger partial charge in [-0.25, -0.2) is 9.50 Å². The Morgan fingerprint density at radius 2 is 1.74 bits per heavy atom. The second-order valence-corrected chi connectivity index (χ2v) is 10.5. The van der Waals surface area contributed by atoms with E-state index in [1.54, 1.807) is 6.92 Å². The molecule has 200 valence electrons. The Morgan fingerprint density at radius 3 is 2.54 bits per heavy atom. The van der Waals surface area contributed by atoms with E-state index in [-0.39, 0.29) is 18.0 Å². The normalized spacial score (nSPS) is 17.4. The molecule has 5 aromatic rings. The number of ether oxygens (including phenoxy) is 1. The van der Waals surface area contributed by atoms with Crippen LogP contribution in [0.2, 0.25) is 0 Å². The molecule has 4 aromatic heterocycles. The van der Waals surface area contributed by atoms with Crippen LogP contribution in [0.25, 0.3) is 38.9 Å². The number of piperidine rings is 1. The maximum atomic E-state index is 11.8. The molecule has 0 atom stereocenters. The lowest BCUT2D eigenvalue weighted by molar-refractivity contribution is -0.130. The fourth-order valence-corrected chi connectivity index (χ4v) is 6.13. The van der Waals surface area contributed by atoms with Gasteiger partial charge in [0, 0.05) is 55.9 Å². The molecular weight excluding hydrogens is 494 g/mol. The van der Waals surface area contributed by atoms with Crippen molar-refractivity contribution < 1.29 is 9.53 Å². The summed E-state index contributed by atoms with van der Waals surface area (Å²) in [5.41, 5.74) is 12.2. The smallest absolute Gasteiger partial charge is 0.219 e. The maximum Gasteiger partial charge on any atom is 0.219 e. The molecule has 2 N–H and O–H groups in total. The average molecular weight is 526 g/mol. The zero-order valence-corrected chi connectivity index (χ0v) is 21.9. The van der Waals surface area contributed by atoms with Crippen molar-refractivity contribution in [3.05, 3.63) is 49.1 Å². The summed E-state index contributed by atoms with van der Waals surface area (Å²) in [7, 11) is 0. The van der Waals surface area contributed by atoms with Crippen LogP contribution in [0.15, 0.2) is 49.1 Å². The Balaban J connectivity index is 1.31. The van der Waals surface area contributed by atoms with Crippen LogP contribution in [0.4, 0.5) is 5.82 Å². The Hall–Kier alpha value is -4.25. The van der Waals surface area contributed by atoms with Gasteiger partial charge < -0.3 is 15.4 Å². The standard InChI is InChI=1S/C28H31N9O2/c1-18(38)34-10-5-21(6-11-34)36-25-14-19(2-3-20(25)16-32-36)26-15-23(27-28(29)30-17-33-37(26)27)24-4-9-31-35(24)22-7-12-39-13-8-22/h2-4,9,14-17,21-22H,5-8,10-13H2,1H3,(H2,29,30,33). The summed E-state index contributed by atoms with van der Waals surface area (Å²) in [4.78, 5) is 18.0. The van der Waals surface area contributed by atoms with Gasteiger partial charge in [-0.05, 0) is 43.9 Å². The van der Waals surface area contributed by atoms with Crippen molar-refractivity contribution in [2.75, 3.05) is 32.0 Å². The summed E-state index contributed by atoms with van der Waals surface area (Å²) in [6.45, 7) is 4.62. The van der Waals surface area contributed by atoms with Gasteiger partial charge in [-0.1, -0.05) is 12.1 Å². The third kappa shape index (κ3) is 4.04. The summed E-state index contributed by atoms with van der Waals surface area (Å²) in [5.74, 6) is 0.561. The molecule has 2 fully saturated rings. The van der Waals surface area contributed by atoms with Crippen molar-refractivity contribution >= 4 is 28.1 Å². The summed E-state index contributed by atoms with van der Waals surface area (Å²) in [6, 6.07) is 11.1. The lowest BCUT2D eigenvalue weighted by atomic mass is 10.0. The fourth-order valence-electron chi connectivity index (χ4n) is 6.13. The number of nitrogens with two attached hydrogens (primary N) is 1. The Bertz CT molecular complexity index is 1670. The lowest BCUT2D eigenvalue weighted by Crippen LogP contribution is -2.37. The summed E-state index contributed by atoms with van der Waals surface area (Å²) >= 11 is 0. The van der Waals surface area contributed by atoms with Gasteiger partial charge >= 0.3 is 0 Å². The topological polar surface area (TPSA) is 121 Å². The van der Waals surface area contributed by atoms with Crippen molar-refractivity contribution in [3.63, 3.8) is 0 Å². The van der Waals surface area contributed by atoms with Crippen molar-refractivity contribution in [2.24, 2.45) is 0 Å². The predicted octanol–water partition coefficient (Wildman–Crippen LogP) is 3.73. The first kappa shape index (κ1) is 23.8. The monoisotopic (exact) mass is 525 g/mol. The van der Waals surface area contributed by atoms with Gasteiger partial charge in [0.15, 0.2) is 5.82 Å². The number of rotatable bonds is 4. The molecular formula is C28H31N9O2. The molecule has 39 heavy (non-hydrogen) atoms. The number of nitrogen functional groups attached to an aromatic ring is 1. The second kappa shape index (κ2) is 9.49. The number of carbonyl (C=O) groups excluding carboxylic acids is 1. The molecule has 1 amide bonds. The summed E-state index contributed by atoms with van der Waals surface area (Å²) in [5, 5.41) is 15.1. The highest BCUT2D eigenvalue weighted by atomic mass is 16.5. The Labute approximate surface area is 225 Å². The van der Waals surface area contributed by atoms with Gasteiger partial charge in [0.2, 0.25) is 5.91 Å². The van der Waals surface area contributed by atoms with E-state index in [2.05, 4.69) is 48.8 Å². The number of amides is 1. The average Bonchev–Trinajstić information content (AvgIpc) is 3.70. The number of aromatic nitrogens is 7. The number of benzene rings is 1. The number of anilines is 1. The molecule has 0 bridgehead atoms.